The molecule has 10 rings (SSSR count). The van der Waals surface area contributed by atoms with Gasteiger partial charge in [-0.3, -0.25) is 9.80 Å². The Kier molecular flexibility index (Phi) is 7.73. The van der Waals surface area contributed by atoms with E-state index in [0.29, 0.717) is 17.7 Å². The minimum Gasteiger partial charge on any atom is -0.279 e. The molecule has 10 aromatic rings. The van der Waals surface area contributed by atoms with E-state index in [-0.39, 0.29) is 0 Å². The van der Waals surface area contributed by atoms with Crippen molar-refractivity contribution in [3.05, 3.63) is 200 Å². The molecule has 0 saturated heterocycles. The highest BCUT2D eigenvalue weighted by Crippen LogP contribution is 2.40. The first kappa shape index (κ1) is 31.4. The molecule has 254 valence electrons. The first-order chi connectivity index (χ1) is 26.7. The third-order valence-electron chi connectivity index (χ3n) is 10.0. The van der Waals surface area contributed by atoms with Crippen LogP contribution in [0.4, 0.5) is 34.6 Å². The first-order valence-corrected chi connectivity index (χ1v) is 18.1. The van der Waals surface area contributed by atoms with Gasteiger partial charge in [-0.15, -0.1) is 0 Å². The van der Waals surface area contributed by atoms with Gasteiger partial charge < -0.3 is 0 Å². The summed E-state index contributed by atoms with van der Waals surface area (Å²) in [7, 11) is 0. The van der Waals surface area contributed by atoms with Crippen molar-refractivity contribution in [1.82, 2.24) is 15.0 Å². The van der Waals surface area contributed by atoms with Crippen LogP contribution in [0.5, 0.6) is 0 Å². The molecule has 0 spiro atoms. The van der Waals surface area contributed by atoms with Gasteiger partial charge in [0.25, 0.3) is 0 Å². The zero-order chi connectivity index (χ0) is 35.8. The van der Waals surface area contributed by atoms with E-state index in [4.69, 9.17) is 15.0 Å². The van der Waals surface area contributed by atoms with Gasteiger partial charge in [0.15, 0.2) is 5.82 Å². The molecule has 54 heavy (non-hydrogen) atoms. The fourth-order valence-corrected chi connectivity index (χ4v) is 7.29. The van der Waals surface area contributed by atoms with E-state index in [1.165, 1.54) is 21.5 Å². The molecule has 0 unspecified atom stereocenters. The SMILES string of the molecule is c1ccc(-c2nc(N(c3ccc4ccccc4c3)c3ccc4ccccc4c3)nc(N(c3ccc4ccccc4c3)c3ccc4ccccc4c3)n2)cc1. The highest BCUT2D eigenvalue weighted by Gasteiger charge is 2.24. The first-order valence-electron chi connectivity index (χ1n) is 18.1. The minimum atomic E-state index is 0.510. The van der Waals surface area contributed by atoms with Crippen molar-refractivity contribution in [3.8, 4) is 11.4 Å². The molecule has 0 aliphatic rings. The number of aromatic nitrogens is 3. The Balaban J connectivity index is 1.25. The summed E-state index contributed by atoms with van der Waals surface area (Å²) >= 11 is 0. The molecule has 0 aliphatic heterocycles. The van der Waals surface area contributed by atoms with E-state index in [9.17, 15) is 0 Å². The van der Waals surface area contributed by atoms with Crippen LogP contribution in [0.15, 0.2) is 200 Å². The molecule has 0 atom stereocenters. The summed E-state index contributed by atoms with van der Waals surface area (Å²) in [5.41, 5.74) is 4.69. The van der Waals surface area contributed by atoms with E-state index in [1.807, 2.05) is 18.2 Å². The van der Waals surface area contributed by atoms with E-state index in [1.54, 1.807) is 0 Å². The fourth-order valence-electron chi connectivity index (χ4n) is 7.29. The highest BCUT2D eigenvalue weighted by atomic mass is 15.3. The Hall–Kier alpha value is -7.37. The molecule has 0 radical (unpaired) electrons. The third kappa shape index (κ3) is 5.84. The van der Waals surface area contributed by atoms with Crippen LogP contribution in [0.25, 0.3) is 54.5 Å². The van der Waals surface area contributed by atoms with Crippen molar-refractivity contribution in [3.63, 3.8) is 0 Å². The molecular weight excluding hydrogens is 659 g/mol. The van der Waals surface area contributed by atoms with E-state index >= 15 is 0 Å². The van der Waals surface area contributed by atoms with Gasteiger partial charge in [-0.05, 0) is 91.6 Å². The van der Waals surface area contributed by atoms with Crippen molar-refractivity contribution >= 4 is 77.7 Å². The maximum Gasteiger partial charge on any atom is 0.240 e. The molecule has 9 aromatic carbocycles. The standard InChI is InChI=1S/C49H33N5/c1-2-16-38(17-3-1)47-50-48(53(43-26-22-34-12-4-8-18-39(34)30-43)44-27-23-35-13-5-9-19-40(35)31-44)52-49(51-47)54(45-28-24-36-14-6-10-20-41(36)32-45)46-29-25-37-15-7-11-21-42(37)33-46/h1-33H. The van der Waals surface area contributed by atoms with Crippen LogP contribution in [-0.4, -0.2) is 15.0 Å². The highest BCUT2D eigenvalue weighted by molar-refractivity contribution is 5.94. The lowest BCUT2D eigenvalue weighted by atomic mass is 10.1. The normalized spacial score (nSPS) is 11.3. The number of nitrogens with zero attached hydrogens (tertiary/aromatic N) is 5. The van der Waals surface area contributed by atoms with E-state index < -0.39 is 0 Å². The molecule has 1 aromatic heterocycles. The van der Waals surface area contributed by atoms with Crippen LogP contribution in [0.1, 0.15) is 0 Å². The predicted molar refractivity (Wildman–Crippen MR) is 225 cm³/mol. The monoisotopic (exact) mass is 691 g/mol. The van der Waals surface area contributed by atoms with Crippen molar-refractivity contribution in [2.24, 2.45) is 0 Å². The fraction of sp³-hybridized carbons (Fsp3) is 0. The van der Waals surface area contributed by atoms with Crippen molar-refractivity contribution in [1.29, 1.82) is 0 Å². The quantitative estimate of drug-likeness (QED) is 0.166. The van der Waals surface area contributed by atoms with Crippen LogP contribution < -0.4 is 9.80 Å². The Morgan fingerprint density at radius 3 is 0.889 bits per heavy atom. The molecule has 0 saturated carbocycles. The number of hydrogen-bond acceptors (Lipinski definition) is 5. The maximum atomic E-state index is 5.42. The molecule has 5 nitrogen and oxygen atoms in total. The lowest BCUT2D eigenvalue weighted by Gasteiger charge is -2.28. The summed E-state index contributed by atoms with van der Waals surface area (Å²) in [6.45, 7) is 0. The lowest BCUT2D eigenvalue weighted by Crippen LogP contribution is -2.19. The second kappa shape index (κ2) is 13.3. The van der Waals surface area contributed by atoms with Crippen molar-refractivity contribution < 1.29 is 0 Å². The number of hydrogen-bond donors (Lipinski definition) is 0. The van der Waals surface area contributed by atoms with Gasteiger partial charge >= 0.3 is 0 Å². The molecule has 0 bridgehead atoms. The van der Waals surface area contributed by atoms with Crippen LogP contribution >= 0.6 is 0 Å². The van der Waals surface area contributed by atoms with Gasteiger partial charge in [0.1, 0.15) is 0 Å². The van der Waals surface area contributed by atoms with Gasteiger partial charge in [0, 0.05) is 28.3 Å². The largest absolute Gasteiger partial charge is 0.279 e. The predicted octanol–water partition coefficient (Wildman–Crippen LogP) is 13.1. The van der Waals surface area contributed by atoms with E-state index in [0.717, 1.165) is 49.9 Å². The molecule has 0 fully saturated rings. The molecule has 5 heteroatoms. The Labute approximate surface area is 313 Å². The number of fused-ring (bicyclic) bond motifs is 4. The number of benzene rings is 9. The van der Waals surface area contributed by atoms with Crippen LogP contribution in [-0.2, 0) is 0 Å². The van der Waals surface area contributed by atoms with Gasteiger partial charge in [0.05, 0.1) is 0 Å². The Morgan fingerprint density at radius 1 is 0.259 bits per heavy atom. The molecule has 0 amide bonds. The summed E-state index contributed by atoms with van der Waals surface area (Å²) in [6.07, 6.45) is 0. The molecule has 0 N–H and O–H groups in total. The zero-order valence-electron chi connectivity index (χ0n) is 29.3. The molecular formula is C49H33N5. The van der Waals surface area contributed by atoms with Crippen LogP contribution in [0.2, 0.25) is 0 Å². The minimum absolute atomic E-state index is 0.510. The van der Waals surface area contributed by atoms with Gasteiger partial charge in [-0.2, -0.15) is 15.0 Å². The topological polar surface area (TPSA) is 45.2 Å². The maximum absolute atomic E-state index is 5.42. The van der Waals surface area contributed by atoms with Crippen molar-refractivity contribution in [2.75, 3.05) is 9.80 Å². The van der Waals surface area contributed by atoms with Crippen LogP contribution in [0, 0.1) is 0 Å². The average molecular weight is 692 g/mol. The molecule has 0 aliphatic carbocycles. The van der Waals surface area contributed by atoms with Gasteiger partial charge in [-0.25, -0.2) is 0 Å². The van der Waals surface area contributed by atoms with Crippen molar-refractivity contribution in [2.45, 2.75) is 0 Å². The van der Waals surface area contributed by atoms with E-state index in [2.05, 4.69) is 192 Å². The average Bonchev–Trinajstić information content (AvgIpc) is 3.24. The van der Waals surface area contributed by atoms with Gasteiger partial charge in [-0.1, -0.05) is 152 Å². The summed E-state index contributed by atoms with van der Waals surface area (Å²) in [5, 5.41) is 9.19. The third-order valence-corrected chi connectivity index (χ3v) is 10.0. The lowest BCUT2D eigenvalue weighted by molar-refractivity contribution is 0.990. The molecule has 1 heterocycles. The van der Waals surface area contributed by atoms with Gasteiger partial charge in [0.2, 0.25) is 11.9 Å². The zero-order valence-corrected chi connectivity index (χ0v) is 29.3. The smallest absolute Gasteiger partial charge is 0.240 e. The summed E-state index contributed by atoms with van der Waals surface area (Å²) in [6, 6.07) is 69.9. The summed E-state index contributed by atoms with van der Waals surface area (Å²) < 4.78 is 0. The number of rotatable bonds is 7. The Morgan fingerprint density at radius 2 is 0.556 bits per heavy atom. The second-order valence-corrected chi connectivity index (χ2v) is 13.4. The second-order valence-electron chi connectivity index (χ2n) is 13.4. The van der Waals surface area contributed by atoms with Crippen LogP contribution in [0.3, 0.4) is 0 Å². The summed E-state index contributed by atoms with van der Waals surface area (Å²) in [4.78, 5) is 20.2. The Bertz CT molecular complexity index is 2640. The number of anilines is 6. The summed E-state index contributed by atoms with van der Waals surface area (Å²) in [5.74, 6) is 1.60.